The zero-order valence-electron chi connectivity index (χ0n) is 7.71. The van der Waals surface area contributed by atoms with Gasteiger partial charge in [0.1, 0.15) is 0 Å². The minimum Gasteiger partial charge on any atom is -0.327 e. The molecule has 2 aliphatic rings. The molecular formula is C10H20N2. The van der Waals surface area contributed by atoms with Crippen molar-refractivity contribution in [1.82, 2.24) is 0 Å². The van der Waals surface area contributed by atoms with Crippen molar-refractivity contribution in [3.63, 3.8) is 0 Å². The maximum absolute atomic E-state index is 6.10. The molecule has 0 saturated heterocycles. The van der Waals surface area contributed by atoms with Gasteiger partial charge < -0.3 is 11.5 Å². The van der Waals surface area contributed by atoms with Crippen molar-refractivity contribution in [3.05, 3.63) is 0 Å². The maximum Gasteiger partial charge on any atom is 0.00709 e. The molecule has 0 aliphatic heterocycles. The van der Waals surface area contributed by atoms with Crippen LogP contribution in [0.4, 0.5) is 0 Å². The molecule has 2 fully saturated rings. The van der Waals surface area contributed by atoms with Crippen LogP contribution in [0, 0.1) is 11.8 Å². The van der Waals surface area contributed by atoms with Crippen LogP contribution in [-0.2, 0) is 0 Å². The molecule has 0 aromatic carbocycles. The Kier molecular flexibility index (Phi) is 2.37. The van der Waals surface area contributed by atoms with E-state index in [4.69, 9.17) is 11.5 Å². The summed E-state index contributed by atoms with van der Waals surface area (Å²) in [5.74, 6) is 1.50. The van der Waals surface area contributed by atoms with Gasteiger partial charge in [0.05, 0.1) is 0 Å². The van der Waals surface area contributed by atoms with Crippen molar-refractivity contribution >= 4 is 0 Å². The summed E-state index contributed by atoms with van der Waals surface area (Å²) in [5.41, 5.74) is 12.2. The van der Waals surface area contributed by atoms with E-state index in [0.29, 0.717) is 12.1 Å². The topological polar surface area (TPSA) is 52.0 Å². The Bertz CT molecular complexity index is 140. The summed E-state index contributed by atoms with van der Waals surface area (Å²) in [6, 6.07) is 0.908. The first-order chi connectivity index (χ1) is 5.79. The first-order valence-corrected chi connectivity index (χ1v) is 5.30. The van der Waals surface area contributed by atoms with Gasteiger partial charge in [0, 0.05) is 12.1 Å². The number of nitrogens with two attached hydrogens (primary N) is 2. The standard InChI is InChI=1S/C10H20N2/c11-9-5-6-10(12)8-4-2-1-3-7(8)9/h7-10H,1-6,11-12H2. The van der Waals surface area contributed by atoms with Gasteiger partial charge in [-0.15, -0.1) is 0 Å². The van der Waals surface area contributed by atoms with Crippen LogP contribution in [0.2, 0.25) is 0 Å². The normalized spacial score (nSPS) is 48.5. The molecule has 0 radical (unpaired) electrons. The molecular weight excluding hydrogens is 148 g/mol. The average Bonchev–Trinajstić information content (AvgIpc) is 2.12. The monoisotopic (exact) mass is 168 g/mol. The van der Waals surface area contributed by atoms with Gasteiger partial charge in [-0.3, -0.25) is 0 Å². The van der Waals surface area contributed by atoms with E-state index in [1.807, 2.05) is 0 Å². The number of fused-ring (bicyclic) bond motifs is 1. The lowest BCUT2D eigenvalue weighted by atomic mass is 9.66. The van der Waals surface area contributed by atoms with Crippen molar-refractivity contribution in [2.45, 2.75) is 50.6 Å². The third-order valence-corrected chi connectivity index (χ3v) is 3.81. The summed E-state index contributed by atoms with van der Waals surface area (Å²) < 4.78 is 0. The molecule has 0 aromatic heterocycles. The van der Waals surface area contributed by atoms with Gasteiger partial charge in [0.15, 0.2) is 0 Å². The largest absolute Gasteiger partial charge is 0.327 e. The molecule has 2 rings (SSSR count). The van der Waals surface area contributed by atoms with Crippen molar-refractivity contribution in [2.24, 2.45) is 23.3 Å². The first-order valence-electron chi connectivity index (χ1n) is 5.30. The second kappa shape index (κ2) is 3.35. The van der Waals surface area contributed by atoms with Gasteiger partial charge in [-0.2, -0.15) is 0 Å². The van der Waals surface area contributed by atoms with Crippen LogP contribution in [-0.4, -0.2) is 12.1 Å². The highest BCUT2D eigenvalue weighted by atomic mass is 14.7. The minimum atomic E-state index is 0.454. The predicted molar refractivity (Wildman–Crippen MR) is 50.6 cm³/mol. The molecule has 0 amide bonds. The molecule has 0 aromatic rings. The minimum absolute atomic E-state index is 0.454. The van der Waals surface area contributed by atoms with E-state index in [1.54, 1.807) is 0 Å². The molecule has 4 N–H and O–H groups in total. The lowest BCUT2D eigenvalue weighted by Crippen LogP contribution is -2.49. The van der Waals surface area contributed by atoms with Crippen molar-refractivity contribution < 1.29 is 0 Å². The Morgan fingerprint density at radius 1 is 0.667 bits per heavy atom. The van der Waals surface area contributed by atoms with Crippen LogP contribution < -0.4 is 11.5 Å². The Morgan fingerprint density at radius 2 is 1.08 bits per heavy atom. The highest BCUT2D eigenvalue weighted by Crippen LogP contribution is 2.39. The maximum atomic E-state index is 6.10. The Hall–Kier alpha value is -0.0800. The van der Waals surface area contributed by atoms with Crippen LogP contribution in [0.3, 0.4) is 0 Å². The zero-order valence-corrected chi connectivity index (χ0v) is 7.71. The number of rotatable bonds is 0. The predicted octanol–water partition coefficient (Wildman–Crippen LogP) is 1.24. The highest BCUT2D eigenvalue weighted by Gasteiger charge is 2.37. The van der Waals surface area contributed by atoms with Gasteiger partial charge in [-0.25, -0.2) is 0 Å². The first kappa shape index (κ1) is 8.52. The van der Waals surface area contributed by atoms with Crippen molar-refractivity contribution in [3.8, 4) is 0 Å². The molecule has 0 spiro atoms. The molecule has 70 valence electrons. The lowest BCUT2D eigenvalue weighted by molar-refractivity contribution is 0.124. The fourth-order valence-electron chi connectivity index (χ4n) is 3.06. The molecule has 0 heterocycles. The second-order valence-electron chi connectivity index (χ2n) is 4.52. The SMILES string of the molecule is NC1CCC(N)C2CCCCC12. The van der Waals surface area contributed by atoms with Crippen LogP contribution >= 0.6 is 0 Å². The zero-order chi connectivity index (χ0) is 8.55. The smallest absolute Gasteiger partial charge is 0.00709 e. The quantitative estimate of drug-likeness (QED) is 0.572. The molecule has 0 bridgehead atoms. The molecule has 4 unspecified atom stereocenters. The van der Waals surface area contributed by atoms with Crippen LogP contribution in [0.25, 0.3) is 0 Å². The summed E-state index contributed by atoms with van der Waals surface area (Å²) in [6.45, 7) is 0. The molecule has 12 heavy (non-hydrogen) atoms. The summed E-state index contributed by atoms with van der Waals surface area (Å²) in [7, 11) is 0. The van der Waals surface area contributed by atoms with E-state index >= 15 is 0 Å². The van der Waals surface area contributed by atoms with E-state index in [1.165, 1.54) is 25.7 Å². The van der Waals surface area contributed by atoms with Gasteiger partial charge in [0.25, 0.3) is 0 Å². The van der Waals surface area contributed by atoms with E-state index in [9.17, 15) is 0 Å². The summed E-state index contributed by atoms with van der Waals surface area (Å²) in [6.07, 6.45) is 7.73. The fraction of sp³-hybridized carbons (Fsp3) is 1.00. The van der Waals surface area contributed by atoms with E-state index in [2.05, 4.69) is 0 Å². The van der Waals surface area contributed by atoms with Crippen LogP contribution in [0.5, 0.6) is 0 Å². The van der Waals surface area contributed by atoms with Crippen LogP contribution in [0.15, 0.2) is 0 Å². The van der Waals surface area contributed by atoms with Gasteiger partial charge in [0.2, 0.25) is 0 Å². The summed E-state index contributed by atoms with van der Waals surface area (Å²) in [4.78, 5) is 0. The van der Waals surface area contributed by atoms with Crippen molar-refractivity contribution in [1.29, 1.82) is 0 Å². The van der Waals surface area contributed by atoms with E-state index in [0.717, 1.165) is 24.7 Å². The van der Waals surface area contributed by atoms with E-state index < -0.39 is 0 Å². The second-order valence-corrected chi connectivity index (χ2v) is 4.52. The average molecular weight is 168 g/mol. The summed E-state index contributed by atoms with van der Waals surface area (Å²) >= 11 is 0. The third-order valence-electron chi connectivity index (χ3n) is 3.81. The Labute approximate surface area is 74.7 Å². The Morgan fingerprint density at radius 3 is 1.50 bits per heavy atom. The number of hydrogen-bond donors (Lipinski definition) is 2. The number of hydrogen-bond acceptors (Lipinski definition) is 2. The van der Waals surface area contributed by atoms with Crippen molar-refractivity contribution in [2.75, 3.05) is 0 Å². The highest BCUT2D eigenvalue weighted by molar-refractivity contribution is 4.93. The molecule has 2 aliphatic carbocycles. The van der Waals surface area contributed by atoms with E-state index in [-0.39, 0.29) is 0 Å². The summed E-state index contributed by atoms with van der Waals surface area (Å²) in [5, 5.41) is 0. The van der Waals surface area contributed by atoms with Gasteiger partial charge in [-0.1, -0.05) is 12.8 Å². The van der Waals surface area contributed by atoms with Gasteiger partial charge in [-0.05, 0) is 37.5 Å². The molecule has 2 nitrogen and oxygen atoms in total. The molecule has 4 atom stereocenters. The lowest BCUT2D eigenvalue weighted by Gasteiger charge is -2.43. The molecule has 2 heteroatoms. The van der Waals surface area contributed by atoms with Gasteiger partial charge >= 0.3 is 0 Å². The third kappa shape index (κ3) is 1.38. The molecule has 2 saturated carbocycles. The van der Waals surface area contributed by atoms with Crippen LogP contribution in [0.1, 0.15) is 38.5 Å². The fourth-order valence-corrected chi connectivity index (χ4v) is 3.06. The Balaban J connectivity index is 2.05.